The number of aromatic nitrogens is 3. The highest BCUT2D eigenvalue weighted by Crippen LogP contribution is 2.30. The molecular weight excluding hydrogens is 334 g/mol. The molecule has 0 aromatic carbocycles. The Morgan fingerprint density at radius 3 is 3.04 bits per heavy atom. The molecule has 1 aliphatic heterocycles. The zero-order chi connectivity index (χ0) is 17.2. The van der Waals surface area contributed by atoms with E-state index >= 15 is 0 Å². The van der Waals surface area contributed by atoms with Gasteiger partial charge in [-0.1, -0.05) is 6.42 Å². The molecule has 0 bridgehead atoms. The first-order valence-corrected chi connectivity index (χ1v) is 10.0. The molecule has 6 nitrogen and oxygen atoms in total. The van der Waals surface area contributed by atoms with Crippen molar-refractivity contribution in [2.24, 2.45) is 5.92 Å². The van der Waals surface area contributed by atoms with E-state index in [1.165, 1.54) is 42.8 Å². The summed E-state index contributed by atoms with van der Waals surface area (Å²) in [6.07, 6.45) is 6.94. The second kappa shape index (κ2) is 7.25. The molecule has 4 rings (SSSR count). The van der Waals surface area contributed by atoms with E-state index in [4.69, 9.17) is 0 Å². The van der Waals surface area contributed by atoms with Crippen LogP contribution in [0.2, 0.25) is 0 Å². The van der Waals surface area contributed by atoms with Crippen molar-refractivity contribution >= 4 is 17.2 Å². The van der Waals surface area contributed by atoms with Crippen LogP contribution in [0.5, 0.6) is 0 Å². The third-order valence-corrected chi connectivity index (χ3v) is 6.08. The van der Waals surface area contributed by atoms with Gasteiger partial charge in [-0.2, -0.15) is 5.10 Å². The third-order valence-electron chi connectivity index (χ3n) is 5.31. The average molecular weight is 359 g/mol. The van der Waals surface area contributed by atoms with Gasteiger partial charge in [0.2, 0.25) is 0 Å². The lowest BCUT2D eigenvalue weighted by Gasteiger charge is -2.38. The van der Waals surface area contributed by atoms with E-state index in [-0.39, 0.29) is 5.91 Å². The summed E-state index contributed by atoms with van der Waals surface area (Å²) in [5.41, 5.74) is 1.81. The van der Waals surface area contributed by atoms with E-state index in [0.29, 0.717) is 18.3 Å². The quantitative estimate of drug-likeness (QED) is 0.861. The number of carbonyl (C=O) groups is 1. The van der Waals surface area contributed by atoms with Crippen molar-refractivity contribution in [3.8, 4) is 0 Å². The number of thiazole rings is 1. The standard InChI is InChI=1S/C18H25N5OS/c1-13-21-17(12-25-13)18(24)19-7-5-15-10-22(9-14-3-2-4-14)11-16-6-8-20-23(15)16/h6,8,12,14-15H,2-5,7,9-11H2,1H3,(H,19,24)/t15-/m1/s1. The van der Waals surface area contributed by atoms with Gasteiger partial charge in [-0.15, -0.1) is 11.3 Å². The first kappa shape index (κ1) is 16.7. The maximum absolute atomic E-state index is 12.2. The molecule has 1 atom stereocenters. The first-order chi connectivity index (χ1) is 12.2. The molecule has 2 aromatic rings. The van der Waals surface area contributed by atoms with Gasteiger partial charge in [-0.05, 0) is 38.2 Å². The van der Waals surface area contributed by atoms with Gasteiger partial charge in [0.25, 0.3) is 5.91 Å². The van der Waals surface area contributed by atoms with Crippen LogP contribution in [-0.4, -0.2) is 45.2 Å². The Labute approximate surface area is 152 Å². The van der Waals surface area contributed by atoms with Crippen LogP contribution in [0.15, 0.2) is 17.6 Å². The van der Waals surface area contributed by atoms with Gasteiger partial charge in [0.1, 0.15) is 5.69 Å². The Hall–Kier alpha value is -1.73. The molecule has 0 radical (unpaired) electrons. The monoisotopic (exact) mass is 359 g/mol. The fourth-order valence-corrected chi connectivity index (χ4v) is 4.36. The lowest BCUT2D eigenvalue weighted by Crippen LogP contribution is -2.42. The molecule has 1 saturated carbocycles. The van der Waals surface area contributed by atoms with Gasteiger partial charge >= 0.3 is 0 Å². The van der Waals surface area contributed by atoms with E-state index in [9.17, 15) is 4.79 Å². The maximum Gasteiger partial charge on any atom is 0.270 e. The van der Waals surface area contributed by atoms with Crippen molar-refractivity contribution in [1.82, 2.24) is 25.0 Å². The topological polar surface area (TPSA) is 63.1 Å². The van der Waals surface area contributed by atoms with Crippen LogP contribution in [-0.2, 0) is 6.54 Å². The maximum atomic E-state index is 12.2. The van der Waals surface area contributed by atoms with Crippen molar-refractivity contribution in [2.75, 3.05) is 19.6 Å². The number of carbonyl (C=O) groups excluding carboxylic acids is 1. The number of amides is 1. The van der Waals surface area contributed by atoms with Crippen LogP contribution >= 0.6 is 11.3 Å². The molecule has 2 aromatic heterocycles. The fraction of sp³-hybridized carbons (Fsp3) is 0.611. The summed E-state index contributed by atoms with van der Waals surface area (Å²) >= 11 is 1.51. The normalized spacial score (nSPS) is 20.9. The minimum absolute atomic E-state index is 0.0767. The highest BCUT2D eigenvalue weighted by Gasteiger charge is 2.28. The zero-order valence-corrected chi connectivity index (χ0v) is 15.5. The van der Waals surface area contributed by atoms with E-state index in [1.807, 2.05) is 18.5 Å². The van der Waals surface area contributed by atoms with Crippen LogP contribution in [0.4, 0.5) is 0 Å². The van der Waals surface area contributed by atoms with Gasteiger partial charge in [0.15, 0.2) is 0 Å². The van der Waals surface area contributed by atoms with Gasteiger partial charge in [-0.3, -0.25) is 14.4 Å². The van der Waals surface area contributed by atoms with Crippen LogP contribution in [0.3, 0.4) is 0 Å². The van der Waals surface area contributed by atoms with Gasteiger partial charge in [-0.25, -0.2) is 4.98 Å². The molecule has 7 heteroatoms. The number of aryl methyl sites for hydroxylation is 1. The molecule has 1 aliphatic carbocycles. The molecule has 1 amide bonds. The number of rotatable bonds is 6. The first-order valence-electron chi connectivity index (χ1n) is 9.14. The summed E-state index contributed by atoms with van der Waals surface area (Å²) in [4.78, 5) is 19.0. The van der Waals surface area contributed by atoms with Gasteiger partial charge < -0.3 is 5.32 Å². The molecule has 2 aliphatic rings. The van der Waals surface area contributed by atoms with Crippen molar-refractivity contribution in [2.45, 2.75) is 45.2 Å². The predicted molar refractivity (Wildman–Crippen MR) is 97.7 cm³/mol. The molecule has 1 N–H and O–H groups in total. The minimum atomic E-state index is -0.0767. The van der Waals surface area contributed by atoms with Crippen LogP contribution in [0, 0.1) is 12.8 Å². The van der Waals surface area contributed by atoms with E-state index in [1.54, 1.807) is 0 Å². The summed E-state index contributed by atoms with van der Waals surface area (Å²) in [6.45, 7) is 5.79. The summed E-state index contributed by atoms with van der Waals surface area (Å²) < 4.78 is 2.15. The molecule has 25 heavy (non-hydrogen) atoms. The van der Waals surface area contributed by atoms with Crippen LogP contribution in [0.25, 0.3) is 0 Å². The second-order valence-electron chi connectivity index (χ2n) is 7.21. The molecule has 3 heterocycles. The summed E-state index contributed by atoms with van der Waals surface area (Å²) in [7, 11) is 0. The summed E-state index contributed by atoms with van der Waals surface area (Å²) in [6, 6.07) is 2.45. The van der Waals surface area contributed by atoms with Crippen molar-refractivity contribution < 1.29 is 4.79 Å². The largest absolute Gasteiger partial charge is 0.351 e. The van der Waals surface area contributed by atoms with Crippen molar-refractivity contribution in [3.63, 3.8) is 0 Å². The van der Waals surface area contributed by atoms with E-state index < -0.39 is 0 Å². The van der Waals surface area contributed by atoms with E-state index in [2.05, 4.69) is 31.0 Å². The van der Waals surface area contributed by atoms with Crippen LogP contribution < -0.4 is 5.32 Å². The van der Waals surface area contributed by atoms with Crippen LogP contribution in [0.1, 0.15) is 52.9 Å². The molecule has 0 unspecified atom stereocenters. The molecular formula is C18H25N5OS. The average Bonchev–Trinajstić information content (AvgIpc) is 3.19. The lowest BCUT2D eigenvalue weighted by atomic mass is 9.85. The Bertz CT molecular complexity index is 735. The second-order valence-corrected chi connectivity index (χ2v) is 8.27. The summed E-state index contributed by atoms with van der Waals surface area (Å²) in [5.74, 6) is 0.801. The highest BCUT2D eigenvalue weighted by atomic mass is 32.1. The molecule has 0 spiro atoms. The Morgan fingerprint density at radius 1 is 1.44 bits per heavy atom. The number of nitrogens with one attached hydrogen (secondary N) is 1. The predicted octanol–water partition coefficient (Wildman–Crippen LogP) is 2.62. The van der Waals surface area contributed by atoms with Gasteiger partial charge in [0.05, 0.1) is 16.7 Å². The Kier molecular flexibility index (Phi) is 4.85. The molecule has 0 saturated heterocycles. The number of hydrogen-bond donors (Lipinski definition) is 1. The number of nitrogens with zero attached hydrogens (tertiary/aromatic N) is 4. The highest BCUT2D eigenvalue weighted by molar-refractivity contribution is 7.09. The fourth-order valence-electron chi connectivity index (χ4n) is 3.77. The third kappa shape index (κ3) is 3.77. The van der Waals surface area contributed by atoms with Crippen molar-refractivity contribution in [3.05, 3.63) is 34.0 Å². The van der Waals surface area contributed by atoms with E-state index in [0.717, 1.165) is 30.4 Å². The number of hydrogen-bond acceptors (Lipinski definition) is 5. The zero-order valence-electron chi connectivity index (χ0n) is 14.6. The number of fused-ring (bicyclic) bond motifs is 1. The van der Waals surface area contributed by atoms with Crippen molar-refractivity contribution in [1.29, 1.82) is 0 Å². The summed E-state index contributed by atoms with van der Waals surface area (Å²) in [5, 5.41) is 10.3. The minimum Gasteiger partial charge on any atom is -0.351 e. The molecule has 1 fully saturated rings. The SMILES string of the molecule is Cc1nc(C(=O)NCC[C@@H]2CN(CC3CCC3)Cc3ccnn32)cs1. The smallest absolute Gasteiger partial charge is 0.270 e. The lowest BCUT2D eigenvalue weighted by molar-refractivity contribution is 0.0937. The van der Waals surface area contributed by atoms with Gasteiger partial charge in [0, 0.05) is 37.8 Å². The Morgan fingerprint density at radius 2 is 2.32 bits per heavy atom. The Balaban J connectivity index is 1.33. The molecule has 134 valence electrons.